The molecule has 6 nitrogen and oxygen atoms in total. The molecule has 1 aliphatic carbocycles. The molecule has 0 bridgehead atoms. The largest absolute Gasteiger partial charge is 0.493 e. The number of ether oxygens (including phenoxy) is 2. The van der Waals surface area contributed by atoms with Crippen molar-refractivity contribution < 1.29 is 18.8 Å². The van der Waals surface area contributed by atoms with E-state index in [-0.39, 0.29) is 6.61 Å². The number of aldehydes is 1. The summed E-state index contributed by atoms with van der Waals surface area (Å²) in [5.41, 5.74) is 0.426. The van der Waals surface area contributed by atoms with Crippen LogP contribution in [0.15, 0.2) is 22.7 Å². The molecular weight excluding hydrogens is 260 g/mol. The fourth-order valence-corrected chi connectivity index (χ4v) is 1.90. The first-order chi connectivity index (χ1) is 9.81. The predicted octanol–water partition coefficient (Wildman–Crippen LogP) is 2.35. The lowest BCUT2D eigenvalue weighted by molar-refractivity contribution is 0.111. The molecule has 0 saturated heterocycles. The van der Waals surface area contributed by atoms with Gasteiger partial charge in [-0.1, -0.05) is 11.2 Å². The summed E-state index contributed by atoms with van der Waals surface area (Å²) in [5, 5.41) is 3.86. The highest BCUT2D eigenvalue weighted by Crippen LogP contribution is 2.39. The topological polar surface area (TPSA) is 74.5 Å². The quantitative estimate of drug-likeness (QED) is 0.753. The monoisotopic (exact) mass is 274 g/mol. The van der Waals surface area contributed by atoms with Crippen LogP contribution in [0.2, 0.25) is 0 Å². The third-order valence-corrected chi connectivity index (χ3v) is 3.11. The zero-order chi connectivity index (χ0) is 13.9. The predicted molar refractivity (Wildman–Crippen MR) is 69.0 cm³/mol. The molecule has 1 aromatic carbocycles. The number of nitrogens with zero attached hydrogens (tertiary/aromatic N) is 2. The molecule has 2 aromatic rings. The van der Waals surface area contributed by atoms with Crippen molar-refractivity contribution in [1.82, 2.24) is 10.1 Å². The van der Waals surface area contributed by atoms with Gasteiger partial charge in [0.25, 0.3) is 0 Å². The van der Waals surface area contributed by atoms with Gasteiger partial charge in [0.1, 0.15) is 0 Å². The second-order valence-corrected chi connectivity index (χ2v) is 4.61. The number of carbonyl (C=O) groups is 1. The van der Waals surface area contributed by atoms with Gasteiger partial charge in [-0.05, 0) is 25.0 Å². The van der Waals surface area contributed by atoms with Gasteiger partial charge < -0.3 is 14.0 Å². The second-order valence-electron chi connectivity index (χ2n) is 4.61. The molecule has 0 amide bonds. The summed E-state index contributed by atoms with van der Waals surface area (Å²) in [5.74, 6) is 2.44. The lowest BCUT2D eigenvalue weighted by Gasteiger charge is -2.10. The van der Waals surface area contributed by atoms with Gasteiger partial charge in [0.2, 0.25) is 11.7 Å². The minimum Gasteiger partial charge on any atom is -0.493 e. The minimum absolute atomic E-state index is 0.136. The van der Waals surface area contributed by atoms with Crippen LogP contribution in [0.25, 0.3) is 0 Å². The Labute approximate surface area is 115 Å². The fraction of sp³-hybridized carbons (Fsp3) is 0.357. The van der Waals surface area contributed by atoms with Crippen LogP contribution >= 0.6 is 0 Å². The van der Waals surface area contributed by atoms with Crippen LogP contribution in [0.1, 0.15) is 40.8 Å². The Morgan fingerprint density at radius 2 is 2.30 bits per heavy atom. The molecule has 104 valence electrons. The Morgan fingerprint density at radius 1 is 1.45 bits per heavy atom. The fourth-order valence-electron chi connectivity index (χ4n) is 1.90. The minimum atomic E-state index is 0.136. The third-order valence-electron chi connectivity index (χ3n) is 3.11. The molecule has 0 aliphatic heterocycles. The molecule has 1 aliphatic rings. The maximum absolute atomic E-state index is 11.0. The summed E-state index contributed by atoms with van der Waals surface area (Å²) < 4.78 is 15.9. The molecule has 1 saturated carbocycles. The first-order valence-electron chi connectivity index (χ1n) is 6.39. The van der Waals surface area contributed by atoms with Crippen LogP contribution in [0.4, 0.5) is 0 Å². The van der Waals surface area contributed by atoms with Crippen LogP contribution in [-0.2, 0) is 6.61 Å². The number of rotatable bonds is 6. The first-order valence-corrected chi connectivity index (χ1v) is 6.39. The maximum Gasteiger partial charge on any atom is 0.229 e. The Balaban J connectivity index is 1.74. The van der Waals surface area contributed by atoms with Gasteiger partial charge in [0, 0.05) is 5.92 Å². The zero-order valence-electron chi connectivity index (χ0n) is 11.0. The van der Waals surface area contributed by atoms with Gasteiger partial charge >= 0.3 is 0 Å². The molecule has 0 unspecified atom stereocenters. The van der Waals surface area contributed by atoms with Crippen molar-refractivity contribution in [2.24, 2.45) is 0 Å². The van der Waals surface area contributed by atoms with Crippen LogP contribution < -0.4 is 9.47 Å². The van der Waals surface area contributed by atoms with Crippen molar-refractivity contribution in [2.75, 3.05) is 7.11 Å². The number of methoxy groups -OCH3 is 1. The molecule has 0 spiro atoms. The van der Waals surface area contributed by atoms with Crippen molar-refractivity contribution in [2.45, 2.75) is 25.4 Å². The SMILES string of the molecule is COc1cccc(C=O)c1OCc1noc(C2CC2)n1. The number of para-hydroxylation sites is 1. The van der Waals surface area contributed by atoms with Crippen LogP contribution in [0.5, 0.6) is 11.5 Å². The summed E-state index contributed by atoms with van der Waals surface area (Å²) in [6.07, 6.45) is 2.93. The van der Waals surface area contributed by atoms with Crippen molar-refractivity contribution in [3.63, 3.8) is 0 Å². The third kappa shape index (κ3) is 2.49. The molecular formula is C14H14N2O4. The Morgan fingerprint density at radius 3 is 3.00 bits per heavy atom. The van der Waals surface area contributed by atoms with Gasteiger partial charge in [0.05, 0.1) is 12.7 Å². The average molecular weight is 274 g/mol. The zero-order valence-corrected chi connectivity index (χ0v) is 11.0. The van der Waals surface area contributed by atoms with E-state index in [4.69, 9.17) is 14.0 Å². The van der Waals surface area contributed by atoms with Crippen molar-refractivity contribution >= 4 is 6.29 Å². The number of hydrogen-bond acceptors (Lipinski definition) is 6. The molecule has 0 atom stereocenters. The van der Waals surface area contributed by atoms with Crippen molar-refractivity contribution in [3.8, 4) is 11.5 Å². The molecule has 0 radical (unpaired) electrons. The van der Waals surface area contributed by atoms with Crippen molar-refractivity contribution in [1.29, 1.82) is 0 Å². The van der Waals surface area contributed by atoms with E-state index in [1.54, 1.807) is 18.2 Å². The number of carbonyl (C=O) groups excluding carboxylic acids is 1. The lowest BCUT2D eigenvalue weighted by Crippen LogP contribution is -2.02. The molecule has 3 rings (SSSR count). The molecule has 1 aromatic heterocycles. The maximum atomic E-state index is 11.0. The van der Waals surface area contributed by atoms with Crippen LogP contribution in [0.3, 0.4) is 0 Å². The van der Waals surface area contributed by atoms with Crippen LogP contribution in [0, 0.1) is 0 Å². The number of aromatic nitrogens is 2. The van der Waals surface area contributed by atoms with Gasteiger partial charge in [-0.3, -0.25) is 4.79 Å². The van der Waals surface area contributed by atoms with E-state index in [9.17, 15) is 4.79 Å². The smallest absolute Gasteiger partial charge is 0.229 e. The summed E-state index contributed by atoms with van der Waals surface area (Å²) >= 11 is 0. The van der Waals surface area contributed by atoms with E-state index in [0.29, 0.717) is 34.7 Å². The first kappa shape index (κ1) is 12.7. The van der Waals surface area contributed by atoms with Gasteiger partial charge in [-0.15, -0.1) is 0 Å². The highest BCUT2D eigenvalue weighted by Gasteiger charge is 2.29. The second kappa shape index (κ2) is 5.32. The van der Waals surface area contributed by atoms with E-state index < -0.39 is 0 Å². The standard InChI is InChI=1S/C14H14N2O4/c1-18-11-4-2-3-10(7-17)13(11)19-8-12-15-14(20-16-12)9-5-6-9/h2-4,7,9H,5-6,8H2,1H3. The van der Waals surface area contributed by atoms with E-state index in [2.05, 4.69) is 10.1 Å². The summed E-state index contributed by atoms with van der Waals surface area (Å²) in [6.45, 7) is 0.136. The highest BCUT2D eigenvalue weighted by molar-refractivity contribution is 5.81. The van der Waals surface area contributed by atoms with Gasteiger partial charge in [0.15, 0.2) is 24.4 Å². The van der Waals surface area contributed by atoms with Crippen molar-refractivity contribution in [3.05, 3.63) is 35.5 Å². The normalized spacial score (nSPS) is 14.1. The molecule has 1 heterocycles. The summed E-state index contributed by atoms with van der Waals surface area (Å²) in [4.78, 5) is 15.3. The van der Waals surface area contributed by atoms with E-state index in [1.165, 1.54) is 7.11 Å². The Kier molecular flexibility index (Phi) is 3.37. The lowest BCUT2D eigenvalue weighted by atomic mass is 10.2. The summed E-state index contributed by atoms with van der Waals surface area (Å²) in [6, 6.07) is 5.12. The van der Waals surface area contributed by atoms with Gasteiger partial charge in [-0.2, -0.15) is 4.98 Å². The van der Waals surface area contributed by atoms with E-state index in [1.807, 2.05) is 0 Å². The Bertz CT molecular complexity index is 619. The molecule has 6 heteroatoms. The van der Waals surface area contributed by atoms with E-state index >= 15 is 0 Å². The molecule has 20 heavy (non-hydrogen) atoms. The van der Waals surface area contributed by atoms with E-state index in [0.717, 1.165) is 19.1 Å². The van der Waals surface area contributed by atoms with Gasteiger partial charge in [-0.25, -0.2) is 0 Å². The number of hydrogen-bond donors (Lipinski definition) is 0. The highest BCUT2D eigenvalue weighted by atomic mass is 16.5. The summed E-state index contributed by atoms with van der Waals surface area (Å²) in [7, 11) is 1.52. The average Bonchev–Trinajstić information content (AvgIpc) is 3.23. The van der Waals surface area contributed by atoms with Crippen LogP contribution in [-0.4, -0.2) is 23.5 Å². The Hall–Kier alpha value is -2.37. The molecule has 0 N–H and O–H groups in total. The molecule has 1 fully saturated rings. The number of benzene rings is 1.